The van der Waals surface area contributed by atoms with E-state index >= 15 is 0 Å². The molecule has 0 heterocycles. The summed E-state index contributed by atoms with van der Waals surface area (Å²) in [5.41, 5.74) is 1.29. The van der Waals surface area contributed by atoms with Crippen LogP contribution < -0.4 is 10.6 Å². The van der Waals surface area contributed by atoms with Crippen molar-refractivity contribution in [2.75, 3.05) is 6.54 Å². The Labute approximate surface area is 166 Å². The minimum absolute atomic E-state index is 0.0696. The Hall–Kier alpha value is -2.33. The van der Waals surface area contributed by atoms with Crippen molar-refractivity contribution in [3.63, 3.8) is 0 Å². The predicted molar refractivity (Wildman–Crippen MR) is 110 cm³/mol. The summed E-state index contributed by atoms with van der Waals surface area (Å²) in [6, 6.07) is 16.0. The molecular weight excluding hydrogens is 360 g/mol. The Balaban J connectivity index is 2.01. The molecular formula is C22H27ClN2O2. The second-order valence-electron chi connectivity index (χ2n) is 6.53. The number of benzene rings is 2. The van der Waals surface area contributed by atoms with Gasteiger partial charge in [-0.15, -0.1) is 0 Å². The van der Waals surface area contributed by atoms with E-state index in [9.17, 15) is 9.59 Å². The Morgan fingerprint density at radius 3 is 2.37 bits per heavy atom. The largest absolute Gasteiger partial charge is 0.356 e. The Morgan fingerprint density at radius 2 is 1.67 bits per heavy atom. The van der Waals surface area contributed by atoms with E-state index in [2.05, 4.69) is 17.6 Å². The summed E-state index contributed by atoms with van der Waals surface area (Å²) in [6.07, 6.45) is 4.62. The molecule has 0 radical (unpaired) electrons. The quantitative estimate of drug-likeness (QED) is 0.570. The van der Waals surface area contributed by atoms with Gasteiger partial charge in [0.1, 0.15) is 0 Å². The molecule has 0 saturated carbocycles. The van der Waals surface area contributed by atoms with Crippen LogP contribution >= 0.6 is 11.6 Å². The standard InChI is InChI=1S/C22H27ClN2O2/c1-2-3-4-10-15-24-21(26)16-20(17-11-6-5-7-12-17)25-22(27)18-13-8-9-14-19(18)23/h5-9,11-14,20H,2-4,10,15-16H2,1H3,(H,24,26)(H,25,27). The molecule has 1 atom stereocenters. The molecule has 0 aromatic heterocycles. The monoisotopic (exact) mass is 386 g/mol. The third-order valence-electron chi connectivity index (χ3n) is 4.37. The molecule has 0 spiro atoms. The average molecular weight is 387 g/mol. The van der Waals surface area contributed by atoms with Gasteiger partial charge in [0.25, 0.3) is 5.91 Å². The van der Waals surface area contributed by atoms with Crippen molar-refractivity contribution >= 4 is 23.4 Å². The first-order chi connectivity index (χ1) is 13.1. The molecule has 0 fully saturated rings. The van der Waals surface area contributed by atoms with Crippen LogP contribution in [-0.4, -0.2) is 18.4 Å². The highest BCUT2D eigenvalue weighted by atomic mass is 35.5. The minimum atomic E-state index is -0.411. The summed E-state index contributed by atoms with van der Waals surface area (Å²) in [6.45, 7) is 2.82. The van der Waals surface area contributed by atoms with Gasteiger partial charge in [0, 0.05) is 6.54 Å². The molecule has 0 aliphatic heterocycles. The van der Waals surface area contributed by atoms with Crippen LogP contribution in [0.15, 0.2) is 54.6 Å². The van der Waals surface area contributed by atoms with Gasteiger partial charge in [-0.25, -0.2) is 0 Å². The van der Waals surface area contributed by atoms with Gasteiger partial charge in [0.2, 0.25) is 5.91 Å². The number of amides is 2. The van der Waals surface area contributed by atoms with Crippen LogP contribution in [-0.2, 0) is 4.79 Å². The van der Waals surface area contributed by atoms with Gasteiger partial charge >= 0.3 is 0 Å². The Bertz CT molecular complexity index is 734. The number of hydrogen-bond donors (Lipinski definition) is 2. The number of carbonyl (C=O) groups excluding carboxylic acids is 2. The summed E-state index contributed by atoms with van der Waals surface area (Å²) < 4.78 is 0. The third-order valence-corrected chi connectivity index (χ3v) is 4.70. The molecule has 4 nitrogen and oxygen atoms in total. The normalized spacial score (nSPS) is 11.6. The number of nitrogens with one attached hydrogen (secondary N) is 2. The van der Waals surface area contributed by atoms with Crippen LogP contribution in [0.5, 0.6) is 0 Å². The summed E-state index contributed by atoms with van der Waals surface area (Å²) in [4.78, 5) is 25.0. The van der Waals surface area contributed by atoms with E-state index in [-0.39, 0.29) is 18.2 Å². The molecule has 2 aromatic rings. The van der Waals surface area contributed by atoms with Crippen molar-refractivity contribution in [3.05, 3.63) is 70.7 Å². The van der Waals surface area contributed by atoms with Crippen molar-refractivity contribution < 1.29 is 9.59 Å². The van der Waals surface area contributed by atoms with Gasteiger partial charge in [0.05, 0.1) is 23.0 Å². The predicted octanol–water partition coefficient (Wildman–Crippen LogP) is 4.90. The van der Waals surface area contributed by atoms with Crippen molar-refractivity contribution in [2.24, 2.45) is 0 Å². The van der Waals surface area contributed by atoms with E-state index in [1.54, 1.807) is 24.3 Å². The van der Waals surface area contributed by atoms with Crippen LogP contribution in [0, 0.1) is 0 Å². The summed E-state index contributed by atoms with van der Waals surface area (Å²) in [7, 11) is 0. The maximum atomic E-state index is 12.6. The molecule has 144 valence electrons. The van der Waals surface area contributed by atoms with Crippen LogP contribution in [0.1, 0.15) is 61.0 Å². The molecule has 0 bridgehead atoms. The van der Waals surface area contributed by atoms with E-state index in [1.165, 1.54) is 6.42 Å². The van der Waals surface area contributed by atoms with Gasteiger partial charge in [-0.2, -0.15) is 0 Å². The molecule has 2 rings (SSSR count). The molecule has 2 aromatic carbocycles. The molecule has 27 heavy (non-hydrogen) atoms. The first kappa shape index (κ1) is 21.0. The average Bonchev–Trinajstić information content (AvgIpc) is 2.68. The van der Waals surface area contributed by atoms with Crippen LogP contribution in [0.25, 0.3) is 0 Å². The number of unbranched alkanes of at least 4 members (excludes halogenated alkanes) is 3. The SMILES string of the molecule is CCCCCCNC(=O)CC(NC(=O)c1ccccc1Cl)c1ccccc1. The van der Waals surface area contributed by atoms with E-state index in [4.69, 9.17) is 11.6 Å². The minimum Gasteiger partial charge on any atom is -0.356 e. The fourth-order valence-corrected chi connectivity index (χ4v) is 3.08. The lowest BCUT2D eigenvalue weighted by atomic mass is 10.0. The second-order valence-corrected chi connectivity index (χ2v) is 6.94. The molecule has 0 saturated heterocycles. The molecule has 2 N–H and O–H groups in total. The van der Waals surface area contributed by atoms with Crippen molar-refractivity contribution in [1.82, 2.24) is 10.6 Å². The maximum Gasteiger partial charge on any atom is 0.253 e. The number of rotatable bonds is 10. The van der Waals surface area contributed by atoms with Crippen LogP contribution in [0.4, 0.5) is 0 Å². The van der Waals surface area contributed by atoms with Gasteiger partial charge in [-0.05, 0) is 24.1 Å². The highest BCUT2D eigenvalue weighted by molar-refractivity contribution is 6.33. The zero-order chi connectivity index (χ0) is 19.5. The smallest absolute Gasteiger partial charge is 0.253 e. The van der Waals surface area contributed by atoms with E-state index in [1.807, 2.05) is 30.3 Å². The van der Waals surface area contributed by atoms with E-state index < -0.39 is 6.04 Å². The summed E-state index contributed by atoms with van der Waals surface area (Å²) in [5.74, 6) is -0.356. The zero-order valence-corrected chi connectivity index (χ0v) is 16.5. The molecule has 5 heteroatoms. The van der Waals surface area contributed by atoms with Crippen molar-refractivity contribution in [1.29, 1.82) is 0 Å². The lowest BCUT2D eigenvalue weighted by Crippen LogP contribution is -2.34. The maximum absolute atomic E-state index is 12.6. The molecule has 0 aliphatic carbocycles. The Morgan fingerprint density at radius 1 is 0.963 bits per heavy atom. The van der Waals surface area contributed by atoms with Crippen molar-refractivity contribution in [3.8, 4) is 0 Å². The first-order valence-corrected chi connectivity index (χ1v) is 9.86. The number of carbonyl (C=O) groups is 2. The number of halogens is 1. The van der Waals surface area contributed by atoms with Gasteiger partial charge in [-0.3, -0.25) is 9.59 Å². The molecule has 1 unspecified atom stereocenters. The highest BCUT2D eigenvalue weighted by Gasteiger charge is 2.20. The lowest BCUT2D eigenvalue weighted by molar-refractivity contribution is -0.121. The lowest BCUT2D eigenvalue weighted by Gasteiger charge is -2.19. The van der Waals surface area contributed by atoms with E-state index in [0.29, 0.717) is 17.1 Å². The topological polar surface area (TPSA) is 58.2 Å². The summed E-state index contributed by atoms with van der Waals surface area (Å²) in [5, 5.41) is 6.29. The van der Waals surface area contributed by atoms with Gasteiger partial charge in [-0.1, -0.05) is 80.3 Å². The summed E-state index contributed by atoms with van der Waals surface area (Å²) >= 11 is 6.12. The highest BCUT2D eigenvalue weighted by Crippen LogP contribution is 2.20. The van der Waals surface area contributed by atoms with Gasteiger partial charge in [0.15, 0.2) is 0 Å². The van der Waals surface area contributed by atoms with Crippen LogP contribution in [0.2, 0.25) is 5.02 Å². The zero-order valence-electron chi connectivity index (χ0n) is 15.7. The van der Waals surface area contributed by atoms with Crippen molar-refractivity contribution in [2.45, 2.75) is 45.1 Å². The second kappa shape index (κ2) is 11.4. The Kier molecular flexibility index (Phi) is 8.85. The van der Waals surface area contributed by atoms with Gasteiger partial charge < -0.3 is 10.6 Å². The van der Waals surface area contributed by atoms with E-state index in [0.717, 1.165) is 24.8 Å². The fraction of sp³-hybridized carbons (Fsp3) is 0.364. The molecule has 2 amide bonds. The third kappa shape index (κ3) is 7.06. The fourth-order valence-electron chi connectivity index (χ4n) is 2.86. The van der Waals surface area contributed by atoms with Crippen LogP contribution in [0.3, 0.4) is 0 Å². The number of hydrogen-bond acceptors (Lipinski definition) is 2. The molecule has 0 aliphatic rings. The first-order valence-electron chi connectivity index (χ1n) is 9.49.